The first kappa shape index (κ1) is 16.1. The fourth-order valence-corrected chi connectivity index (χ4v) is 2.76. The fraction of sp³-hybridized carbons (Fsp3) is 0.111. The van der Waals surface area contributed by atoms with E-state index >= 15 is 0 Å². The van der Waals surface area contributed by atoms with Crippen LogP contribution in [-0.2, 0) is 7.05 Å². The van der Waals surface area contributed by atoms with Crippen molar-refractivity contribution in [1.82, 2.24) is 9.36 Å². The molecule has 0 unspecified atom stereocenters. The smallest absolute Gasteiger partial charge is 0.295 e. The van der Waals surface area contributed by atoms with E-state index in [-0.39, 0.29) is 11.2 Å². The molecule has 3 rings (SSSR count). The topological polar surface area (TPSA) is 56.0 Å². The number of amides is 1. The number of halogens is 1. The standard InChI is InChI=1S/C18H16ClN3O2/c1-12-16(20-17(23)14-10-6-7-11-15(14)19)18(24)22(21(12)2)13-8-4-3-5-9-13/h3-11H,1-2H3,(H,20,23). The highest BCUT2D eigenvalue weighted by Gasteiger charge is 2.19. The first-order valence-electron chi connectivity index (χ1n) is 7.40. The lowest BCUT2D eigenvalue weighted by Crippen LogP contribution is -2.23. The Hall–Kier alpha value is -2.79. The number of carbonyl (C=O) groups is 1. The molecule has 1 heterocycles. The average Bonchev–Trinajstić information content (AvgIpc) is 2.79. The molecule has 0 fully saturated rings. The third-order valence-corrected chi connectivity index (χ3v) is 4.24. The van der Waals surface area contributed by atoms with Crippen molar-refractivity contribution >= 4 is 23.2 Å². The Morgan fingerprint density at radius 3 is 2.33 bits per heavy atom. The van der Waals surface area contributed by atoms with Crippen molar-refractivity contribution in [2.75, 3.05) is 5.32 Å². The number of benzene rings is 2. The first-order valence-corrected chi connectivity index (χ1v) is 7.78. The summed E-state index contributed by atoms with van der Waals surface area (Å²) in [7, 11) is 1.77. The Morgan fingerprint density at radius 2 is 1.67 bits per heavy atom. The number of para-hydroxylation sites is 1. The highest BCUT2D eigenvalue weighted by molar-refractivity contribution is 6.34. The van der Waals surface area contributed by atoms with Gasteiger partial charge < -0.3 is 5.32 Å². The van der Waals surface area contributed by atoms with Gasteiger partial charge in [-0.3, -0.25) is 14.3 Å². The Bertz CT molecular complexity index is 958. The molecule has 0 saturated heterocycles. The number of rotatable bonds is 3. The van der Waals surface area contributed by atoms with Gasteiger partial charge in [0.2, 0.25) is 0 Å². The number of hydrogen-bond acceptors (Lipinski definition) is 2. The first-order chi connectivity index (χ1) is 11.5. The zero-order chi connectivity index (χ0) is 17.3. The van der Waals surface area contributed by atoms with Crippen molar-refractivity contribution < 1.29 is 4.79 Å². The van der Waals surface area contributed by atoms with Gasteiger partial charge in [-0.15, -0.1) is 0 Å². The largest absolute Gasteiger partial charge is 0.316 e. The Kier molecular flexibility index (Phi) is 4.27. The maximum Gasteiger partial charge on any atom is 0.295 e. The zero-order valence-corrected chi connectivity index (χ0v) is 14.0. The van der Waals surface area contributed by atoms with Crippen LogP contribution in [0.4, 0.5) is 5.69 Å². The van der Waals surface area contributed by atoms with Crippen LogP contribution < -0.4 is 10.9 Å². The minimum absolute atomic E-state index is 0.242. The molecule has 1 N–H and O–H groups in total. The quantitative estimate of drug-likeness (QED) is 0.794. The van der Waals surface area contributed by atoms with Gasteiger partial charge in [-0.25, -0.2) is 4.68 Å². The number of nitrogens with one attached hydrogen (secondary N) is 1. The van der Waals surface area contributed by atoms with Gasteiger partial charge >= 0.3 is 0 Å². The lowest BCUT2D eigenvalue weighted by atomic mass is 10.2. The summed E-state index contributed by atoms with van der Waals surface area (Å²) in [6, 6.07) is 16.0. The summed E-state index contributed by atoms with van der Waals surface area (Å²) in [5.41, 5.74) is 1.66. The van der Waals surface area contributed by atoms with Gasteiger partial charge in [-0.05, 0) is 31.2 Å². The summed E-state index contributed by atoms with van der Waals surface area (Å²) < 4.78 is 3.22. The number of carbonyl (C=O) groups excluding carboxylic acids is 1. The molecule has 0 bridgehead atoms. The highest BCUT2D eigenvalue weighted by atomic mass is 35.5. The van der Waals surface area contributed by atoms with Gasteiger partial charge in [0.25, 0.3) is 11.5 Å². The van der Waals surface area contributed by atoms with Crippen molar-refractivity contribution in [2.45, 2.75) is 6.92 Å². The maximum absolute atomic E-state index is 12.8. The molecule has 5 nitrogen and oxygen atoms in total. The fourth-order valence-electron chi connectivity index (χ4n) is 2.54. The van der Waals surface area contributed by atoms with E-state index in [9.17, 15) is 9.59 Å². The second kappa shape index (κ2) is 6.37. The van der Waals surface area contributed by atoms with Crippen LogP contribution in [0.1, 0.15) is 16.1 Å². The summed E-state index contributed by atoms with van der Waals surface area (Å²) >= 11 is 6.05. The molecule has 2 aromatic carbocycles. The van der Waals surface area contributed by atoms with Crippen molar-refractivity contribution in [2.24, 2.45) is 7.05 Å². The Balaban J connectivity index is 2.03. The van der Waals surface area contributed by atoms with Crippen molar-refractivity contribution in [3.63, 3.8) is 0 Å². The van der Waals surface area contributed by atoms with E-state index in [0.29, 0.717) is 16.3 Å². The predicted molar refractivity (Wildman–Crippen MR) is 95.2 cm³/mol. The molecule has 0 spiro atoms. The van der Waals surface area contributed by atoms with E-state index in [1.807, 2.05) is 30.3 Å². The molecule has 0 radical (unpaired) electrons. The summed E-state index contributed by atoms with van der Waals surface area (Å²) in [6.07, 6.45) is 0. The lowest BCUT2D eigenvalue weighted by Gasteiger charge is -2.07. The highest BCUT2D eigenvalue weighted by Crippen LogP contribution is 2.18. The third-order valence-electron chi connectivity index (χ3n) is 3.91. The Labute approximate surface area is 144 Å². The van der Waals surface area contributed by atoms with Crippen LogP contribution in [0.15, 0.2) is 59.4 Å². The second-order valence-electron chi connectivity index (χ2n) is 5.37. The van der Waals surface area contributed by atoms with E-state index in [1.54, 1.807) is 42.9 Å². The molecule has 1 amide bonds. The van der Waals surface area contributed by atoms with Crippen LogP contribution in [0.3, 0.4) is 0 Å². The van der Waals surface area contributed by atoms with Gasteiger partial charge in [-0.1, -0.05) is 41.9 Å². The van der Waals surface area contributed by atoms with Crippen molar-refractivity contribution in [1.29, 1.82) is 0 Å². The molecule has 24 heavy (non-hydrogen) atoms. The normalized spacial score (nSPS) is 10.6. The molecule has 0 aliphatic carbocycles. The van der Waals surface area contributed by atoms with Crippen LogP contribution in [0.2, 0.25) is 5.02 Å². The SMILES string of the molecule is Cc1c(NC(=O)c2ccccc2Cl)c(=O)n(-c2ccccc2)n1C. The van der Waals surface area contributed by atoms with Gasteiger partial charge in [-0.2, -0.15) is 0 Å². The van der Waals surface area contributed by atoms with Crippen LogP contribution in [0.25, 0.3) is 5.69 Å². The van der Waals surface area contributed by atoms with Gasteiger partial charge in [0.05, 0.1) is 22.0 Å². The minimum Gasteiger partial charge on any atom is -0.316 e. The van der Waals surface area contributed by atoms with Gasteiger partial charge in [0.1, 0.15) is 5.69 Å². The number of hydrogen-bond donors (Lipinski definition) is 1. The van der Waals surface area contributed by atoms with E-state index in [2.05, 4.69) is 5.32 Å². The summed E-state index contributed by atoms with van der Waals surface area (Å²) in [4.78, 5) is 25.2. The molecule has 3 aromatic rings. The van der Waals surface area contributed by atoms with Crippen molar-refractivity contribution in [3.05, 3.63) is 81.2 Å². The Morgan fingerprint density at radius 1 is 1.04 bits per heavy atom. The second-order valence-corrected chi connectivity index (χ2v) is 5.78. The molecule has 122 valence electrons. The molecule has 1 aromatic heterocycles. The van der Waals surface area contributed by atoms with E-state index in [0.717, 1.165) is 5.69 Å². The molecular weight excluding hydrogens is 326 g/mol. The molecular formula is C18H16ClN3O2. The third kappa shape index (κ3) is 2.74. The summed E-state index contributed by atoms with van der Waals surface area (Å²) in [5, 5.41) is 3.03. The average molecular weight is 342 g/mol. The monoisotopic (exact) mass is 341 g/mol. The molecule has 0 saturated carbocycles. The molecule has 0 aliphatic rings. The predicted octanol–water partition coefficient (Wildman–Crippen LogP) is 3.39. The van der Waals surface area contributed by atoms with E-state index < -0.39 is 5.91 Å². The number of aromatic nitrogens is 2. The zero-order valence-electron chi connectivity index (χ0n) is 13.3. The minimum atomic E-state index is -0.411. The summed E-state index contributed by atoms with van der Waals surface area (Å²) in [6.45, 7) is 1.78. The van der Waals surface area contributed by atoms with Crippen LogP contribution >= 0.6 is 11.6 Å². The van der Waals surface area contributed by atoms with Crippen molar-refractivity contribution in [3.8, 4) is 5.69 Å². The van der Waals surface area contributed by atoms with Crippen LogP contribution in [0.5, 0.6) is 0 Å². The number of nitrogens with zero attached hydrogens (tertiary/aromatic N) is 2. The molecule has 0 aliphatic heterocycles. The van der Waals surface area contributed by atoms with Gasteiger partial charge in [0.15, 0.2) is 0 Å². The summed E-state index contributed by atoms with van der Waals surface area (Å²) in [5.74, 6) is -0.411. The maximum atomic E-state index is 12.8. The van der Waals surface area contributed by atoms with Gasteiger partial charge in [0, 0.05) is 7.05 Å². The molecule has 6 heteroatoms. The van der Waals surface area contributed by atoms with E-state index in [1.165, 1.54) is 4.68 Å². The van der Waals surface area contributed by atoms with Crippen LogP contribution in [-0.4, -0.2) is 15.3 Å². The van der Waals surface area contributed by atoms with Crippen LogP contribution in [0, 0.1) is 6.92 Å². The van der Waals surface area contributed by atoms with E-state index in [4.69, 9.17) is 11.6 Å². The number of anilines is 1. The lowest BCUT2D eigenvalue weighted by molar-refractivity contribution is 0.102. The molecule has 0 atom stereocenters.